The van der Waals surface area contributed by atoms with E-state index >= 15 is 0 Å². The van der Waals surface area contributed by atoms with Gasteiger partial charge in [0.2, 0.25) is 10.0 Å². The van der Waals surface area contributed by atoms with Gasteiger partial charge in [0.25, 0.3) is 0 Å². The molecule has 0 unspecified atom stereocenters. The molecule has 0 amide bonds. The van der Waals surface area contributed by atoms with Crippen molar-refractivity contribution in [3.63, 3.8) is 0 Å². The summed E-state index contributed by atoms with van der Waals surface area (Å²) in [5, 5.41) is 7.13. The third-order valence-corrected chi connectivity index (χ3v) is 5.26. The van der Waals surface area contributed by atoms with Crippen LogP contribution in [0, 0.1) is 12.3 Å². The monoisotopic (exact) mass is 297 g/mol. The molecule has 4 N–H and O–H groups in total. The molecular formula is C13H19N3O3S. The number of sulfonamides is 1. The maximum absolute atomic E-state index is 12.4. The molecule has 20 heavy (non-hydrogen) atoms. The fraction of sp³-hybridized carbons (Fsp3) is 0.462. The summed E-state index contributed by atoms with van der Waals surface area (Å²) >= 11 is 0. The summed E-state index contributed by atoms with van der Waals surface area (Å²) in [7, 11) is -3.49. The van der Waals surface area contributed by atoms with E-state index in [-0.39, 0.29) is 5.84 Å². The van der Waals surface area contributed by atoms with E-state index in [4.69, 9.17) is 15.9 Å². The standard InChI is InChI=1S/C13H19N3O3S/c1-9-3-2-4-11(12(9)13(14)15)16-20(17,18)10-5-7-19-8-6-10/h2-4,10,16H,5-8H2,1H3,(H3,14,15). The lowest BCUT2D eigenvalue weighted by atomic mass is 10.1. The molecule has 1 aliphatic rings. The Balaban J connectivity index is 2.29. The number of aryl methyl sites for hydroxylation is 1. The van der Waals surface area contributed by atoms with Gasteiger partial charge in [0.15, 0.2) is 0 Å². The quantitative estimate of drug-likeness (QED) is 0.573. The number of ether oxygens (including phenoxy) is 1. The zero-order valence-electron chi connectivity index (χ0n) is 11.3. The van der Waals surface area contributed by atoms with Gasteiger partial charge in [0, 0.05) is 18.8 Å². The van der Waals surface area contributed by atoms with E-state index in [1.807, 2.05) is 0 Å². The summed E-state index contributed by atoms with van der Waals surface area (Å²) in [6, 6.07) is 5.16. The minimum absolute atomic E-state index is 0.146. The summed E-state index contributed by atoms with van der Waals surface area (Å²) in [6.45, 7) is 2.71. The molecule has 6 nitrogen and oxygen atoms in total. The minimum atomic E-state index is -3.49. The Morgan fingerprint density at radius 3 is 2.65 bits per heavy atom. The van der Waals surface area contributed by atoms with Crippen LogP contribution < -0.4 is 10.5 Å². The third-order valence-electron chi connectivity index (χ3n) is 3.40. The van der Waals surface area contributed by atoms with Crippen LogP contribution in [0.15, 0.2) is 18.2 Å². The molecule has 110 valence electrons. The zero-order valence-corrected chi connectivity index (χ0v) is 12.2. The average Bonchev–Trinajstić information content (AvgIpc) is 2.39. The Labute approximate surface area is 118 Å². The van der Waals surface area contributed by atoms with Crippen LogP contribution in [0.4, 0.5) is 5.69 Å². The molecule has 0 aliphatic carbocycles. The number of nitrogens with two attached hydrogens (primary N) is 1. The molecule has 1 aromatic carbocycles. The normalized spacial score (nSPS) is 16.9. The van der Waals surface area contributed by atoms with Crippen molar-refractivity contribution in [1.29, 1.82) is 5.41 Å². The third kappa shape index (κ3) is 3.10. The second kappa shape index (κ2) is 5.80. The second-order valence-corrected chi connectivity index (χ2v) is 6.83. The fourth-order valence-electron chi connectivity index (χ4n) is 2.33. The molecule has 1 aliphatic heterocycles. The van der Waals surface area contributed by atoms with Crippen molar-refractivity contribution in [2.24, 2.45) is 5.73 Å². The molecule has 1 fully saturated rings. The summed E-state index contributed by atoms with van der Waals surface area (Å²) in [5.41, 5.74) is 7.11. The van der Waals surface area contributed by atoms with Crippen molar-refractivity contribution in [1.82, 2.24) is 0 Å². The highest BCUT2D eigenvalue weighted by atomic mass is 32.2. The van der Waals surface area contributed by atoms with Crippen molar-refractivity contribution >= 4 is 21.5 Å². The van der Waals surface area contributed by atoms with Gasteiger partial charge in [0.1, 0.15) is 5.84 Å². The van der Waals surface area contributed by atoms with Gasteiger partial charge in [-0.15, -0.1) is 0 Å². The smallest absolute Gasteiger partial charge is 0.235 e. The molecule has 1 aromatic rings. The van der Waals surface area contributed by atoms with Crippen molar-refractivity contribution in [2.75, 3.05) is 17.9 Å². The summed E-state index contributed by atoms with van der Waals surface area (Å²) in [6.07, 6.45) is 0.965. The van der Waals surface area contributed by atoms with Gasteiger partial charge < -0.3 is 10.5 Å². The first-order valence-corrected chi connectivity index (χ1v) is 8.00. The van der Waals surface area contributed by atoms with Gasteiger partial charge >= 0.3 is 0 Å². The summed E-state index contributed by atoms with van der Waals surface area (Å²) in [5.74, 6) is -0.146. The van der Waals surface area contributed by atoms with Crippen LogP contribution in [0.3, 0.4) is 0 Å². The molecule has 1 heterocycles. The number of hydrogen-bond acceptors (Lipinski definition) is 4. The van der Waals surface area contributed by atoms with E-state index in [2.05, 4.69) is 4.72 Å². The van der Waals surface area contributed by atoms with Crippen molar-refractivity contribution in [3.8, 4) is 0 Å². The fourth-order valence-corrected chi connectivity index (χ4v) is 3.79. The van der Waals surface area contributed by atoms with Gasteiger partial charge in [-0.3, -0.25) is 10.1 Å². The Kier molecular flexibility index (Phi) is 4.29. The molecule has 2 rings (SSSR count). The molecule has 0 aromatic heterocycles. The molecule has 1 saturated heterocycles. The van der Waals surface area contributed by atoms with Gasteiger partial charge in [-0.05, 0) is 31.4 Å². The largest absolute Gasteiger partial charge is 0.384 e. The summed E-state index contributed by atoms with van der Waals surface area (Å²) in [4.78, 5) is 0. The number of nitrogen functional groups attached to an aromatic ring is 1. The zero-order chi connectivity index (χ0) is 14.8. The van der Waals surface area contributed by atoms with E-state index in [1.165, 1.54) is 0 Å². The number of hydrogen-bond donors (Lipinski definition) is 3. The van der Waals surface area contributed by atoms with Crippen LogP contribution in [-0.2, 0) is 14.8 Å². The average molecular weight is 297 g/mol. The highest BCUT2D eigenvalue weighted by Gasteiger charge is 2.28. The van der Waals surface area contributed by atoms with E-state index in [0.29, 0.717) is 37.3 Å². The Morgan fingerprint density at radius 1 is 1.40 bits per heavy atom. The van der Waals surface area contributed by atoms with Crippen molar-refractivity contribution in [2.45, 2.75) is 25.0 Å². The predicted octanol–water partition coefficient (Wildman–Crippen LogP) is 1.20. The van der Waals surface area contributed by atoms with E-state index in [0.717, 1.165) is 5.56 Å². The second-order valence-electron chi connectivity index (χ2n) is 4.87. The SMILES string of the molecule is Cc1cccc(NS(=O)(=O)C2CCOCC2)c1C(=N)N. The van der Waals surface area contributed by atoms with Crippen LogP contribution in [0.1, 0.15) is 24.0 Å². The number of anilines is 1. The topological polar surface area (TPSA) is 105 Å². The van der Waals surface area contributed by atoms with Crippen molar-refractivity contribution < 1.29 is 13.2 Å². The van der Waals surface area contributed by atoms with Gasteiger partial charge in [0.05, 0.1) is 10.9 Å². The number of nitrogens with one attached hydrogen (secondary N) is 2. The number of benzene rings is 1. The first kappa shape index (κ1) is 14.8. The Hall–Kier alpha value is -1.60. The Morgan fingerprint density at radius 2 is 2.05 bits per heavy atom. The maximum Gasteiger partial charge on any atom is 0.235 e. The first-order valence-electron chi connectivity index (χ1n) is 6.45. The Bertz CT molecular complexity index is 607. The van der Waals surface area contributed by atoms with E-state index in [9.17, 15) is 8.42 Å². The van der Waals surface area contributed by atoms with Crippen LogP contribution >= 0.6 is 0 Å². The van der Waals surface area contributed by atoms with Crippen LogP contribution in [0.25, 0.3) is 0 Å². The molecule has 0 spiro atoms. The van der Waals surface area contributed by atoms with E-state index in [1.54, 1.807) is 25.1 Å². The molecule has 0 radical (unpaired) electrons. The summed E-state index contributed by atoms with van der Waals surface area (Å²) < 4.78 is 32.5. The van der Waals surface area contributed by atoms with Crippen molar-refractivity contribution in [3.05, 3.63) is 29.3 Å². The lowest BCUT2D eigenvalue weighted by Crippen LogP contribution is -2.34. The molecule has 7 heteroatoms. The van der Waals surface area contributed by atoms with Crippen LogP contribution in [0.2, 0.25) is 0 Å². The molecule has 0 bridgehead atoms. The molecule has 0 atom stereocenters. The van der Waals surface area contributed by atoms with Gasteiger partial charge in [-0.25, -0.2) is 8.42 Å². The highest BCUT2D eigenvalue weighted by Crippen LogP contribution is 2.23. The minimum Gasteiger partial charge on any atom is -0.384 e. The van der Waals surface area contributed by atoms with Crippen LogP contribution in [0.5, 0.6) is 0 Å². The first-order chi connectivity index (χ1) is 9.42. The predicted molar refractivity (Wildman–Crippen MR) is 78.6 cm³/mol. The van der Waals surface area contributed by atoms with Gasteiger partial charge in [-0.2, -0.15) is 0 Å². The maximum atomic E-state index is 12.4. The lowest BCUT2D eigenvalue weighted by Gasteiger charge is -2.23. The van der Waals surface area contributed by atoms with Crippen LogP contribution in [-0.4, -0.2) is 32.7 Å². The van der Waals surface area contributed by atoms with E-state index < -0.39 is 15.3 Å². The van der Waals surface area contributed by atoms with Gasteiger partial charge in [-0.1, -0.05) is 12.1 Å². The number of rotatable bonds is 4. The molecular weight excluding hydrogens is 278 g/mol. The number of amidine groups is 1. The highest BCUT2D eigenvalue weighted by molar-refractivity contribution is 7.93. The molecule has 0 saturated carbocycles. The lowest BCUT2D eigenvalue weighted by molar-refractivity contribution is 0.0984.